The van der Waals surface area contributed by atoms with Crippen molar-refractivity contribution in [3.63, 3.8) is 0 Å². The molecule has 5 nitrogen and oxygen atoms in total. The maximum Gasteiger partial charge on any atom is 0.236 e. The van der Waals surface area contributed by atoms with Crippen LogP contribution in [0.15, 0.2) is 11.2 Å². The zero-order valence-corrected chi connectivity index (χ0v) is 13.1. The fraction of sp³-hybridized carbons (Fsp3) is 0.643. The number of nitrogens with two attached hydrogens (primary N) is 1. The summed E-state index contributed by atoms with van der Waals surface area (Å²) in [5.41, 5.74) is 6.58. The van der Waals surface area contributed by atoms with E-state index in [1.807, 2.05) is 11.8 Å². The summed E-state index contributed by atoms with van der Waals surface area (Å²) in [7, 11) is 0. The summed E-state index contributed by atoms with van der Waals surface area (Å²) in [6.07, 6.45) is 2.21. The maximum atomic E-state index is 12.6. The number of thioether (sulfide) groups is 1. The van der Waals surface area contributed by atoms with Crippen molar-refractivity contribution in [3.05, 3.63) is 11.8 Å². The molecule has 1 aromatic heterocycles. The highest BCUT2D eigenvalue weighted by Gasteiger charge is 2.30. The lowest BCUT2D eigenvalue weighted by Gasteiger charge is -2.24. The molecule has 2 N–H and O–H groups in total. The monoisotopic (exact) mass is 294 g/mol. The van der Waals surface area contributed by atoms with E-state index in [1.54, 1.807) is 6.07 Å². The molecule has 0 spiro atoms. The van der Waals surface area contributed by atoms with Crippen LogP contribution < -0.4 is 5.73 Å². The molecular formula is C14H22N4OS. The van der Waals surface area contributed by atoms with Gasteiger partial charge >= 0.3 is 0 Å². The van der Waals surface area contributed by atoms with Crippen molar-refractivity contribution in [1.82, 2.24) is 14.9 Å². The third-order valence-electron chi connectivity index (χ3n) is 3.35. The first kappa shape index (κ1) is 15.1. The number of hydrogen-bond donors (Lipinski definition) is 1. The summed E-state index contributed by atoms with van der Waals surface area (Å²) >= 11 is 1.43. The zero-order valence-electron chi connectivity index (χ0n) is 12.3. The van der Waals surface area contributed by atoms with Crippen molar-refractivity contribution in [1.29, 1.82) is 0 Å². The highest BCUT2D eigenvalue weighted by molar-refractivity contribution is 8.00. The van der Waals surface area contributed by atoms with E-state index in [1.165, 1.54) is 11.8 Å². The van der Waals surface area contributed by atoms with Crippen LogP contribution in [0.5, 0.6) is 0 Å². The average molecular weight is 294 g/mol. The molecule has 20 heavy (non-hydrogen) atoms. The van der Waals surface area contributed by atoms with Crippen LogP contribution in [0.2, 0.25) is 0 Å². The molecule has 2 rings (SSSR count). The summed E-state index contributed by atoms with van der Waals surface area (Å²) < 4.78 is 0. The van der Waals surface area contributed by atoms with Crippen LogP contribution in [-0.4, -0.2) is 39.1 Å². The van der Waals surface area contributed by atoms with E-state index in [4.69, 9.17) is 5.73 Å². The SMILES string of the molecule is Cc1cc(N)nc(S[C@@H](C(=O)N2CCCC2)C(C)C)n1. The van der Waals surface area contributed by atoms with Gasteiger partial charge in [-0.15, -0.1) is 0 Å². The number of amides is 1. The summed E-state index contributed by atoms with van der Waals surface area (Å²) in [6.45, 7) is 7.75. The number of carbonyl (C=O) groups is 1. The third-order valence-corrected chi connectivity index (χ3v) is 4.75. The second-order valence-electron chi connectivity index (χ2n) is 5.53. The molecule has 0 aliphatic carbocycles. The number of hydrogen-bond acceptors (Lipinski definition) is 5. The molecule has 0 saturated carbocycles. The lowest BCUT2D eigenvalue weighted by molar-refractivity contribution is -0.130. The van der Waals surface area contributed by atoms with E-state index in [0.717, 1.165) is 31.6 Å². The molecule has 1 amide bonds. The van der Waals surface area contributed by atoms with Crippen LogP contribution in [0.3, 0.4) is 0 Å². The predicted octanol–water partition coefficient (Wildman–Crippen LogP) is 2.11. The molecule has 1 aliphatic heterocycles. The summed E-state index contributed by atoms with van der Waals surface area (Å²) in [6, 6.07) is 1.73. The van der Waals surface area contributed by atoms with Gasteiger partial charge in [-0.05, 0) is 25.7 Å². The molecule has 1 aromatic rings. The fourth-order valence-corrected chi connectivity index (χ4v) is 3.42. The summed E-state index contributed by atoms with van der Waals surface area (Å²) in [4.78, 5) is 23.1. The Bertz CT molecular complexity index is 466. The Morgan fingerprint density at radius 3 is 2.55 bits per heavy atom. The van der Waals surface area contributed by atoms with Crippen molar-refractivity contribution in [2.75, 3.05) is 18.8 Å². The van der Waals surface area contributed by atoms with Gasteiger partial charge < -0.3 is 10.6 Å². The Morgan fingerprint density at radius 2 is 2.00 bits per heavy atom. The molecule has 0 bridgehead atoms. The molecule has 0 radical (unpaired) electrons. The lowest BCUT2D eigenvalue weighted by Crippen LogP contribution is -2.38. The molecule has 6 heteroatoms. The van der Waals surface area contributed by atoms with Gasteiger partial charge in [0.15, 0.2) is 5.16 Å². The van der Waals surface area contributed by atoms with Crippen LogP contribution in [-0.2, 0) is 4.79 Å². The Labute approximate surface area is 124 Å². The molecule has 0 aromatic carbocycles. The molecular weight excluding hydrogens is 272 g/mol. The first-order valence-corrected chi connectivity index (χ1v) is 7.92. The largest absolute Gasteiger partial charge is 0.384 e. The standard InChI is InChI=1S/C14H22N4OS/c1-9(2)12(13(19)18-6-4-5-7-18)20-14-16-10(3)8-11(15)17-14/h8-9,12H,4-7H2,1-3H3,(H2,15,16,17)/t12-/m1/s1. The van der Waals surface area contributed by atoms with Crippen molar-refractivity contribution >= 4 is 23.5 Å². The Balaban J connectivity index is 2.14. The van der Waals surface area contributed by atoms with E-state index >= 15 is 0 Å². The number of nitrogens with zero attached hydrogens (tertiary/aromatic N) is 3. The van der Waals surface area contributed by atoms with Gasteiger partial charge in [0.25, 0.3) is 0 Å². The number of aromatic nitrogens is 2. The minimum absolute atomic E-state index is 0.144. The molecule has 2 heterocycles. The van der Waals surface area contributed by atoms with Crippen molar-refractivity contribution in [3.8, 4) is 0 Å². The number of likely N-dealkylation sites (tertiary alicyclic amines) is 1. The molecule has 1 fully saturated rings. The second kappa shape index (κ2) is 6.43. The first-order chi connectivity index (χ1) is 9.47. The normalized spacial score (nSPS) is 16.7. The summed E-state index contributed by atoms with van der Waals surface area (Å²) in [5, 5.41) is 0.447. The number of nitrogen functional groups attached to an aromatic ring is 1. The van der Waals surface area contributed by atoms with E-state index in [9.17, 15) is 4.79 Å². The quantitative estimate of drug-likeness (QED) is 0.680. The second-order valence-corrected chi connectivity index (χ2v) is 6.64. The Kier molecular flexibility index (Phi) is 4.86. The van der Waals surface area contributed by atoms with Gasteiger partial charge in [0.1, 0.15) is 5.82 Å². The number of carbonyl (C=O) groups excluding carboxylic acids is 1. The predicted molar refractivity (Wildman–Crippen MR) is 81.5 cm³/mol. The van der Waals surface area contributed by atoms with Crippen molar-refractivity contribution in [2.45, 2.75) is 44.0 Å². The molecule has 0 unspecified atom stereocenters. The highest BCUT2D eigenvalue weighted by atomic mass is 32.2. The van der Waals surface area contributed by atoms with E-state index < -0.39 is 0 Å². The molecule has 1 atom stereocenters. The van der Waals surface area contributed by atoms with Gasteiger partial charge in [-0.2, -0.15) is 0 Å². The Hall–Kier alpha value is -1.30. The Morgan fingerprint density at radius 1 is 1.35 bits per heavy atom. The van der Waals surface area contributed by atoms with Crippen LogP contribution >= 0.6 is 11.8 Å². The maximum absolute atomic E-state index is 12.6. The van der Waals surface area contributed by atoms with Gasteiger partial charge in [-0.25, -0.2) is 9.97 Å². The highest BCUT2D eigenvalue weighted by Crippen LogP contribution is 2.29. The van der Waals surface area contributed by atoms with Gasteiger partial charge in [0.2, 0.25) is 5.91 Å². The van der Waals surface area contributed by atoms with Crippen molar-refractivity contribution < 1.29 is 4.79 Å². The molecule has 1 saturated heterocycles. The molecule has 110 valence electrons. The van der Waals surface area contributed by atoms with Crippen LogP contribution in [0.1, 0.15) is 32.4 Å². The van der Waals surface area contributed by atoms with E-state index in [0.29, 0.717) is 11.0 Å². The van der Waals surface area contributed by atoms with E-state index in [2.05, 4.69) is 23.8 Å². The van der Waals surface area contributed by atoms with Crippen LogP contribution in [0.4, 0.5) is 5.82 Å². The summed E-state index contributed by atoms with van der Waals surface area (Å²) in [5.74, 6) is 0.890. The fourth-order valence-electron chi connectivity index (χ4n) is 2.32. The third kappa shape index (κ3) is 3.62. The van der Waals surface area contributed by atoms with Crippen LogP contribution in [0.25, 0.3) is 0 Å². The minimum atomic E-state index is -0.144. The lowest BCUT2D eigenvalue weighted by atomic mass is 10.1. The van der Waals surface area contributed by atoms with Gasteiger partial charge in [-0.3, -0.25) is 4.79 Å². The number of rotatable bonds is 4. The zero-order chi connectivity index (χ0) is 14.7. The topological polar surface area (TPSA) is 72.1 Å². The number of anilines is 1. The minimum Gasteiger partial charge on any atom is -0.384 e. The average Bonchev–Trinajstić information content (AvgIpc) is 2.87. The van der Waals surface area contributed by atoms with Crippen molar-refractivity contribution in [2.24, 2.45) is 5.92 Å². The first-order valence-electron chi connectivity index (χ1n) is 7.04. The van der Waals surface area contributed by atoms with E-state index in [-0.39, 0.29) is 17.1 Å². The number of aryl methyl sites for hydroxylation is 1. The van der Waals surface area contributed by atoms with Gasteiger partial charge in [-0.1, -0.05) is 25.6 Å². The van der Waals surface area contributed by atoms with Gasteiger partial charge in [0, 0.05) is 24.8 Å². The smallest absolute Gasteiger partial charge is 0.236 e. The van der Waals surface area contributed by atoms with Crippen LogP contribution in [0, 0.1) is 12.8 Å². The molecule has 1 aliphatic rings. The van der Waals surface area contributed by atoms with Gasteiger partial charge in [0.05, 0.1) is 5.25 Å².